The minimum Gasteiger partial charge on any atom is -0.258 e. The van der Waals surface area contributed by atoms with Crippen molar-refractivity contribution in [3.63, 3.8) is 0 Å². The highest BCUT2D eigenvalue weighted by Gasteiger charge is 2.12. The Morgan fingerprint density at radius 1 is 1.00 bits per heavy atom. The molecule has 0 aliphatic rings. The summed E-state index contributed by atoms with van der Waals surface area (Å²) in [6.07, 6.45) is 0. The molecule has 0 amide bonds. The summed E-state index contributed by atoms with van der Waals surface area (Å²) in [5, 5.41) is 11.9. The zero-order valence-corrected chi connectivity index (χ0v) is 10.9. The molecule has 0 aliphatic heterocycles. The molecule has 2 heterocycles. The Morgan fingerprint density at radius 3 is 2.60 bits per heavy atom. The first-order valence-electron chi connectivity index (χ1n) is 5.81. The number of para-hydroxylation sites is 1. The third-order valence-electron chi connectivity index (χ3n) is 2.85. The van der Waals surface area contributed by atoms with Gasteiger partial charge in [0, 0.05) is 11.5 Å². The minimum absolute atomic E-state index is 0.0733. The maximum Gasteiger partial charge on any atom is 0.274 e. The lowest BCUT2D eigenvalue weighted by Crippen LogP contribution is -1.93. The molecule has 5 nitrogen and oxygen atoms in total. The van der Waals surface area contributed by atoms with Crippen molar-refractivity contribution < 1.29 is 4.92 Å². The van der Waals surface area contributed by atoms with Gasteiger partial charge in [-0.25, -0.2) is 9.97 Å². The lowest BCUT2D eigenvalue weighted by Gasteiger charge is -2.03. The first-order valence-corrected chi connectivity index (χ1v) is 6.19. The molecule has 0 fully saturated rings. The molecule has 3 rings (SSSR count). The summed E-state index contributed by atoms with van der Waals surface area (Å²) in [6.45, 7) is 0. The third kappa shape index (κ3) is 2.31. The maximum absolute atomic E-state index is 10.8. The van der Waals surface area contributed by atoms with E-state index in [-0.39, 0.29) is 10.8 Å². The molecule has 0 radical (unpaired) electrons. The molecule has 0 N–H and O–H groups in total. The molecule has 98 valence electrons. The molecular weight excluding hydrogens is 278 g/mol. The van der Waals surface area contributed by atoms with Gasteiger partial charge in [0.2, 0.25) is 0 Å². The molecule has 0 atom stereocenters. The van der Waals surface area contributed by atoms with Crippen LogP contribution < -0.4 is 0 Å². The highest BCUT2D eigenvalue weighted by Crippen LogP contribution is 2.25. The summed E-state index contributed by atoms with van der Waals surface area (Å²) in [4.78, 5) is 18.9. The number of rotatable bonds is 2. The van der Waals surface area contributed by atoms with Gasteiger partial charge in [-0.15, -0.1) is 0 Å². The summed E-state index contributed by atoms with van der Waals surface area (Å²) in [5.74, 6) is 0. The monoisotopic (exact) mass is 285 g/mol. The zero-order chi connectivity index (χ0) is 14.1. The van der Waals surface area contributed by atoms with E-state index in [0.29, 0.717) is 11.4 Å². The van der Waals surface area contributed by atoms with Crippen LogP contribution in [-0.4, -0.2) is 14.9 Å². The Balaban J connectivity index is 2.17. The number of halogens is 1. The van der Waals surface area contributed by atoms with Gasteiger partial charge in [0.1, 0.15) is 5.15 Å². The number of pyridine rings is 2. The molecule has 2 aromatic heterocycles. The summed E-state index contributed by atoms with van der Waals surface area (Å²) in [5.41, 5.74) is 1.63. The molecule has 20 heavy (non-hydrogen) atoms. The van der Waals surface area contributed by atoms with Crippen LogP contribution >= 0.6 is 11.6 Å². The molecule has 0 bridgehead atoms. The SMILES string of the molecule is O=[N+]([O-])c1cc(Cl)nc(-c2ccc3ccccc3n2)c1. The highest BCUT2D eigenvalue weighted by atomic mass is 35.5. The van der Waals surface area contributed by atoms with Crippen molar-refractivity contribution >= 4 is 28.2 Å². The van der Waals surface area contributed by atoms with Crippen molar-refractivity contribution in [2.75, 3.05) is 0 Å². The summed E-state index contributed by atoms with van der Waals surface area (Å²) < 4.78 is 0. The average molecular weight is 286 g/mol. The smallest absolute Gasteiger partial charge is 0.258 e. The van der Waals surface area contributed by atoms with E-state index in [9.17, 15) is 10.1 Å². The van der Waals surface area contributed by atoms with E-state index >= 15 is 0 Å². The normalized spacial score (nSPS) is 10.7. The van der Waals surface area contributed by atoms with Gasteiger partial charge in [-0.1, -0.05) is 35.9 Å². The fourth-order valence-electron chi connectivity index (χ4n) is 1.93. The van der Waals surface area contributed by atoms with E-state index in [2.05, 4.69) is 9.97 Å². The predicted molar refractivity (Wildman–Crippen MR) is 76.6 cm³/mol. The van der Waals surface area contributed by atoms with Gasteiger partial charge in [0.15, 0.2) is 0 Å². The molecule has 1 aromatic carbocycles. The Bertz CT molecular complexity index is 820. The largest absolute Gasteiger partial charge is 0.274 e. The van der Waals surface area contributed by atoms with Crippen molar-refractivity contribution in [2.45, 2.75) is 0 Å². The minimum atomic E-state index is -0.502. The molecular formula is C14H8ClN3O2. The van der Waals surface area contributed by atoms with Crippen LogP contribution in [0.5, 0.6) is 0 Å². The number of fused-ring (bicyclic) bond motifs is 1. The quantitative estimate of drug-likeness (QED) is 0.407. The second-order valence-corrected chi connectivity index (χ2v) is 4.57. The van der Waals surface area contributed by atoms with Crippen LogP contribution in [0.2, 0.25) is 5.15 Å². The lowest BCUT2D eigenvalue weighted by atomic mass is 10.1. The van der Waals surface area contributed by atoms with Crippen molar-refractivity contribution in [2.24, 2.45) is 0 Å². The number of benzene rings is 1. The fraction of sp³-hybridized carbons (Fsp3) is 0. The molecule has 0 unspecified atom stereocenters. The maximum atomic E-state index is 10.8. The molecule has 0 spiro atoms. The fourth-order valence-corrected chi connectivity index (χ4v) is 2.13. The summed E-state index contributed by atoms with van der Waals surface area (Å²) >= 11 is 5.82. The molecule has 0 saturated heterocycles. The molecule has 6 heteroatoms. The topological polar surface area (TPSA) is 68.9 Å². The van der Waals surface area contributed by atoms with Crippen molar-refractivity contribution in [3.05, 3.63) is 63.8 Å². The molecule has 3 aromatic rings. The van der Waals surface area contributed by atoms with Gasteiger partial charge in [-0.05, 0) is 12.1 Å². The Hall–Kier alpha value is -2.53. The number of hydrogen-bond donors (Lipinski definition) is 0. The molecule has 0 saturated carbocycles. The van der Waals surface area contributed by atoms with Crippen LogP contribution in [0.1, 0.15) is 0 Å². The predicted octanol–water partition coefficient (Wildman–Crippen LogP) is 3.86. The number of nitro groups is 1. The third-order valence-corrected chi connectivity index (χ3v) is 3.04. The standard InChI is InChI=1S/C14H8ClN3O2/c15-14-8-10(18(19)20)7-13(17-14)12-6-5-9-3-1-2-4-11(9)16-12/h1-8H. The summed E-state index contributed by atoms with van der Waals surface area (Å²) in [7, 11) is 0. The van der Waals surface area contributed by atoms with E-state index in [4.69, 9.17) is 11.6 Å². The second-order valence-electron chi connectivity index (χ2n) is 4.18. The lowest BCUT2D eigenvalue weighted by molar-refractivity contribution is -0.384. The van der Waals surface area contributed by atoms with Crippen molar-refractivity contribution in [1.29, 1.82) is 0 Å². The Morgan fingerprint density at radius 2 is 1.80 bits per heavy atom. The summed E-state index contributed by atoms with van der Waals surface area (Å²) in [6, 6.07) is 13.9. The van der Waals surface area contributed by atoms with Crippen molar-refractivity contribution in [3.8, 4) is 11.4 Å². The van der Waals surface area contributed by atoms with Crippen LogP contribution in [0.4, 0.5) is 5.69 Å². The van der Waals surface area contributed by atoms with E-state index in [1.165, 1.54) is 12.1 Å². The van der Waals surface area contributed by atoms with Gasteiger partial charge >= 0.3 is 0 Å². The zero-order valence-electron chi connectivity index (χ0n) is 10.2. The van der Waals surface area contributed by atoms with Gasteiger partial charge < -0.3 is 0 Å². The van der Waals surface area contributed by atoms with E-state index in [0.717, 1.165) is 10.9 Å². The van der Waals surface area contributed by atoms with E-state index in [1.807, 2.05) is 30.3 Å². The van der Waals surface area contributed by atoms with Gasteiger partial charge in [0.05, 0.1) is 27.9 Å². The Labute approximate surface area is 119 Å². The van der Waals surface area contributed by atoms with Gasteiger partial charge in [-0.2, -0.15) is 0 Å². The second kappa shape index (κ2) is 4.86. The van der Waals surface area contributed by atoms with Gasteiger partial charge in [-0.3, -0.25) is 10.1 Å². The van der Waals surface area contributed by atoms with E-state index < -0.39 is 4.92 Å². The van der Waals surface area contributed by atoms with Crippen LogP contribution in [-0.2, 0) is 0 Å². The van der Waals surface area contributed by atoms with Crippen LogP contribution in [0, 0.1) is 10.1 Å². The van der Waals surface area contributed by atoms with E-state index in [1.54, 1.807) is 6.07 Å². The number of nitrogens with zero attached hydrogens (tertiary/aromatic N) is 3. The first-order chi connectivity index (χ1) is 9.63. The van der Waals surface area contributed by atoms with Crippen LogP contribution in [0.3, 0.4) is 0 Å². The van der Waals surface area contributed by atoms with Crippen LogP contribution in [0.25, 0.3) is 22.3 Å². The van der Waals surface area contributed by atoms with Crippen LogP contribution in [0.15, 0.2) is 48.5 Å². The van der Waals surface area contributed by atoms with Crippen molar-refractivity contribution in [1.82, 2.24) is 9.97 Å². The highest BCUT2D eigenvalue weighted by molar-refractivity contribution is 6.29. The number of hydrogen-bond acceptors (Lipinski definition) is 4. The van der Waals surface area contributed by atoms with Gasteiger partial charge in [0.25, 0.3) is 5.69 Å². The molecule has 0 aliphatic carbocycles. The number of aromatic nitrogens is 2. The Kier molecular flexibility index (Phi) is 3.04. The first kappa shape index (κ1) is 12.5. The average Bonchev–Trinajstić information content (AvgIpc) is 2.46.